The van der Waals surface area contributed by atoms with Crippen molar-refractivity contribution in [3.05, 3.63) is 21.7 Å². The summed E-state index contributed by atoms with van der Waals surface area (Å²) in [5, 5.41) is 13.0. The zero-order valence-corrected chi connectivity index (χ0v) is 10.5. The summed E-state index contributed by atoms with van der Waals surface area (Å²) < 4.78 is 1.54. The van der Waals surface area contributed by atoms with Crippen molar-refractivity contribution in [2.24, 2.45) is 5.73 Å². The standard InChI is InChI=1S/C10H13N5O2S/c11-7-1-3-13(4-2-7)8-9(15(16)17)14-5-6-18-10(14)12-8/h5-7H,1-4,11H2. The SMILES string of the molecule is NC1CCN(c2nc3sccn3c2[N+](=O)[O-])CC1. The number of thiazole rings is 1. The van der Waals surface area contributed by atoms with Gasteiger partial charge in [-0.3, -0.25) is 0 Å². The van der Waals surface area contributed by atoms with Crippen LogP contribution in [-0.4, -0.2) is 33.4 Å². The molecule has 2 aromatic heterocycles. The second-order valence-electron chi connectivity index (χ2n) is 4.40. The Morgan fingerprint density at radius 3 is 2.89 bits per heavy atom. The van der Waals surface area contributed by atoms with Crippen LogP contribution in [0.3, 0.4) is 0 Å². The van der Waals surface area contributed by atoms with Crippen molar-refractivity contribution in [3.8, 4) is 0 Å². The second kappa shape index (κ2) is 4.21. The molecule has 7 nitrogen and oxygen atoms in total. The molecule has 0 spiro atoms. The predicted molar refractivity (Wildman–Crippen MR) is 69.1 cm³/mol. The van der Waals surface area contributed by atoms with Crippen LogP contribution in [0.5, 0.6) is 0 Å². The summed E-state index contributed by atoms with van der Waals surface area (Å²) in [5.74, 6) is 0.528. The Hall–Kier alpha value is -1.67. The lowest BCUT2D eigenvalue weighted by Crippen LogP contribution is -2.40. The third-order valence-corrected chi connectivity index (χ3v) is 3.99. The summed E-state index contributed by atoms with van der Waals surface area (Å²) in [7, 11) is 0. The van der Waals surface area contributed by atoms with Crippen LogP contribution in [0.25, 0.3) is 4.96 Å². The number of rotatable bonds is 2. The van der Waals surface area contributed by atoms with E-state index in [1.54, 1.807) is 11.6 Å². The van der Waals surface area contributed by atoms with Crippen molar-refractivity contribution in [1.82, 2.24) is 9.38 Å². The molecule has 0 saturated carbocycles. The molecule has 0 aliphatic carbocycles. The third-order valence-electron chi connectivity index (χ3n) is 3.23. The molecule has 3 rings (SSSR count). The van der Waals surface area contributed by atoms with Gasteiger partial charge in [0, 0.05) is 24.5 Å². The van der Waals surface area contributed by atoms with Gasteiger partial charge in [0.05, 0.1) is 0 Å². The van der Waals surface area contributed by atoms with Crippen LogP contribution < -0.4 is 10.6 Å². The minimum Gasteiger partial charge on any atom is -0.358 e. The van der Waals surface area contributed by atoms with Crippen molar-refractivity contribution in [2.45, 2.75) is 18.9 Å². The lowest BCUT2D eigenvalue weighted by molar-refractivity contribution is -0.389. The average molecular weight is 267 g/mol. The number of piperidine rings is 1. The van der Waals surface area contributed by atoms with Crippen LogP contribution in [0.15, 0.2) is 11.6 Å². The summed E-state index contributed by atoms with van der Waals surface area (Å²) in [6.45, 7) is 1.46. The van der Waals surface area contributed by atoms with E-state index in [2.05, 4.69) is 4.98 Å². The Kier molecular flexibility index (Phi) is 2.67. The lowest BCUT2D eigenvalue weighted by Gasteiger charge is -2.29. The zero-order chi connectivity index (χ0) is 12.7. The number of nitro groups is 1. The molecule has 96 valence electrons. The number of nitrogens with two attached hydrogens (primary N) is 1. The van der Waals surface area contributed by atoms with E-state index in [9.17, 15) is 10.1 Å². The molecule has 0 atom stereocenters. The van der Waals surface area contributed by atoms with Crippen LogP contribution >= 0.6 is 11.3 Å². The molecule has 8 heteroatoms. The van der Waals surface area contributed by atoms with Gasteiger partial charge in [0.1, 0.15) is 6.20 Å². The minimum atomic E-state index is -0.364. The molecule has 2 N–H and O–H groups in total. The first-order valence-electron chi connectivity index (χ1n) is 5.77. The summed E-state index contributed by atoms with van der Waals surface area (Å²) in [4.78, 5) is 17.8. The summed E-state index contributed by atoms with van der Waals surface area (Å²) in [6.07, 6.45) is 3.38. The van der Waals surface area contributed by atoms with E-state index in [4.69, 9.17) is 5.73 Å². The zero-order valence-electron chi connectivity index (χ0n) is 9.65. The number of fused-ring (bicyclic) bond motifs is 1. The molecule has 1 aliphatic heterocycles. The van der Waals surface area contributed by atoms with E-state index in [0.717, 1.165) is 25.9 Å². The van der Waals surface area contributed by atoms with Crippen molar-refractivity contribution in [1.29, 1.82) is 0 Å². The molecular weight excluding hydrogens is 254 g/mol. The average Bonchev–Trinajstić information content (AvgIpc) is 2.88. The second-order valence-corrected chi connectivity index (χ2v) is 5.27. The van der Waals surface area contributed by atoms with Crippen LogP contribution in [-0.2, 0) is 0 Å². The van der Waals surface area contributed by atoms with E-state index in [1.807, 2.05) is 4.90 Å². The number of hydrogen-bond donors (Lipinski definition) is 1. The molecule has 0 bridgehead atoms. The van der Waals surface area contributed by atoms with Gasteiger partial charge < -0.3 is 20.7 Å². The summed E-state index contributed by atoms with van der Waals surface area (Å²) in [5.41, 5.74) is 5.84. The molecule has 0 radical (unpaired) electrons. The Morgan fingerprint density at radius 1 is 1.50 bits per heavy atom. The van der Waals surface area contributed by atoms with Gasteiger partial charge in [-0.2, -0.15) is 9.38 Å². The smallest absolute Gasteiger partial charge is 0.358 e. The summed E-state index contributed by atoms with van der Waals surface area (Å²) >= 11 is 1.40. The number of hydrogen-bond acceptors (Lipinski definition) is 6. The number of imidazole rings is 1. The van der Waals surface area contributed by atoms with Crippen LogP contribution in [0.1, 0.15) is 12.8 Å². The van der Waals surface area contributed by atoms with Gasteiger partial charge in [-0.1, -0.05) is 11.3 Å². The largest absolute Gasteiger partial charge is 0.373 e. The van der Waals surface area contributed by atoms with Crippen molar-refractivity contribution in [2.75, 3.05) is 18.0 Å². The highest BCUT2D eigenvalue weighted by Crippen LogP contribution is 2.32. The van der Waals surface area contributed by atoms with Crippen molar-refractivity contribution in [3.63, 3.8) is 0 Å². The molecule has 1 fully saturated rings. The monoisotopic (exact) mass is 267 g/mol. The van der Waals surface area contributed by atoms with E-state index in [1.165, 1.54) is 15.7 Å². The molecule has 1 saturated heterocycles. The van der Waals surface area contributed by atoms with Crippen molar-refractivity contribution >= 4 is 27.9 Å². The molecule has 18 heavy (non-hydrogen) atoms. The van der Waals surface area contributed by atoms with Gasteiger partial charge in [0.15, 0.2) is 0 Å². The van der Waals surface area contributed by atoms with Gasteiger partial charge in [0.25, 0.3) is 4.96 Å². The molecule has 0 aromatic carbocycles. The first-order chi connectivity index (χ1) is 8.66. The van der Waals surface area contributed by atoms with E-state index in [0.29, 0.717) is 10.8 Å². The van der Waals surface area contributed by atoms with Crippen LogP contribution in [0, 0.1) is 10.1 Å². The van der Waals surface area contributed by atoms with E-state index >= 15 is 0 Å². The maximum atomic E-state index is 11.2. The fourth-order valence-corrected chi connectivity index (χ4v) is 2.96. The quantitative estimate of drug-likeness (QED) is 0.653. The highest BCUT2D eigenvalue weighted by Gasteiger charge is 2.29. The van der Waals surface area contributed by atoms with Gasteiger partial charge in [0.2, 0.25) is 5.82 Å². The normalized spacial score (nSPS) is 17.5. The fraction of sp³-hybridized carbons (Fsp3) is 0.500. The van der Waals surface area contributed by atoms with E-state index < -0.39 is 0 Å². The Labute approximate surface area is 107 Å². The highest BCUT2D eigenvalue weighted by atomic mass is 32.1. The predicted octanol–water partition coefficient (Wildman–Crippen LogP) is 1.23. The van der Waals surface area contributed by atoms with Crippen LogP contribution in [0.4, 0.5) is 11.6 Å². The first-order valence-corrected chi connectivity index (χ1v) is 6.65. The number of nitrogens with zero attached hydrogens (tertiary/aromatic N) is 4. The Bertz CT molecular complexity index is 584. The molecule has 0 unspecified atom stereocenters. The molecule has 0 amide bonds. The number of anilines is 1. The van der Waals surface area contributed by atoms with Gasteiger partial charge in [-0.15, -0.1) is 0 Å². The van der Waals surface area contributed by atoms with Gasteiger partial charge >= 0.3 is 5.82 Å². The Morgan fingerprint density at radius 2 is 2.22 bits per heavy atom. The number of aromatic nitrogens is 2. The molecular formula is C10H13N5O2S. The van der Waals surface area contributed by atoms with Crippen molar-refractivity contribution < 1.29 is 4.92 Å². The van der Waals surface area contributed by atoms with Gasteiger partial charge in [-0.05, 0) is 17.8 Å². The molecule has 3 heterocycles. The van der Waals surface area contributed by atoms with E-state index in [-0.39, 0.29) is 16.8 Å². The lowest BCUT2D eigenvalue weighted by atomic mass is 10.1. The molecule has 1 aliphatic rings. The third kappa shape index (κ3) is 1.73. The highest BCUT2D eigenvalue weighted by molar-refractivity contribution is 7.15. The maximum Gasteiger partial charge on any atom is 0.373 e. The van der Waals surface area contributed by atoms with Gasteiger partial charge in [-0.25, -0.2) is 0 Å². The Balaban J connectivity index is 2.02. The first kappa shape index (κ1) is 11.4. The van der Waals surface area contributed by atoms with Crippen LogP contribution in [0.2, 0.25) is 0 Å². The summed E-state index contributed by atoms with van der Waals surface area (Å²) in [6, 6.07) is 0.198. The molecule has 2 aromatic rings. The fourth-order valence-electron chi connectivity index (χ4n) is 2.26. The minimum absolute atomic E-state index is 0.0571. The maximum absolute atomic E-state index is 11.2. The topological polar surface area (TPSA) is 89.7 Å².